The Hall–Kier alpha value is -0.340. The van der Waals surface area contributed by atoms with Crippen LogP contribution in [0.4, 0.5) is 0 Å². The molecule has 1 rings (SSSR count). The standard InChI is InChI=1S/C15H29NO/c1-4-14(17-5-2)15(16-3)13-11-9-7-6-8-10-12-13/h11,14-16H,4-10,12H2,1-3H3. The summed E-state index contributed by atoms with van der Waals surface area (Å²) in [6, 6.07) is 0.415. The molecule has 1 aliphatic carbocycles. The summed E-state index contributed by atoms with van der Waals surface area (Å²) in [7, 11) is 2.06. The van der Waals surface area contributed by atoms with Crippen molar-refractivity contribution in [3.63, 3.8) is 0 Å². The Kier molecular flexibility index (Phi) is 7.54. The SMILES string of the molecule is CCOC(CC)C(NC)C1=CCCCCCC1. The van der Waals surface area contributed by atoms with E-state index in [9.17, 15) is 0 Å². The molecule has 1 aliphatic rings. The van der Waals surface area contributed by atoms with Crippen molar-refractivity contribution in [2.45, 2.75) is 70.9 Å². The Morgan fingerprint density at radius 3 is 2.65 bits per heavy atom. The maximum Gasteiger partial charge on any atom is 0.0763 e. The summed E-state index contributed by atoms with van der Waals surface area (Å²) in [6.45, 7) is 5.11. The van der Waals surface area contributed by atoms with Crippen LogP contribution < -0.4 is 5.32 Å². The number of likely N-dealkylation sites (N-methyl/N-ethyl adjacent to an activating group) is 1. The van der Waals surface area contributed by atoms with Crippen molar-refractivity contribution >= 4 is 0 Å². The van der Waals surface area contributed by atoms with Gasteiger partial charge in [-0.2, -0.15) is 0 Å². The van der Waals surface area contributed by atoms with Gasteiger partial charge in [-0.3, -0.25) is 0 Å². The summed E-state index contributed by atoms with van der Waals surface area (Å²) in [5.41, 5.74) is 1.58. The van der Waals surface area contributed by atoms with Crippen LogP contribution in [-0.4, -0.2) is 25.8 Å². The molecule has 0 bridgehead atoms. The highest BCUT2D eigenvalue weighted by Gasteiger charge is 2.22. The van der Waals surface area contributed by atoms with E-state index in [-0.39, 0.29) is 0 Å². The molecule has 2 nitrogen and oxygen atoms in total. The second-order valence-corrected chi connectivity index (χ2v) is 4.90. The van der Waals surface area contributed by atoms with Gasteiger partial charge in [-0.25, -0.2) is 0 Å². The van der Waals surface area contributed by atoms with E-state index in [1.807, 2.05) is 0 Å². The van der Waals surface area contributed by atoms with Gasteiger partial charge in [0.2, 0.25) is 0 Å². The van der Waals surface area contributed by atoms with E-state index in [0.29, 0.717) is 12.1 Å². The number of hydrogen-bond acceptors (Lipinski definition) is 2. The molecule has 0 spiro atoms. The normalized spacial score (nSPS) is 21.2. The number of nitrogens with one attached hydrogen (secondary N) is 1. The maximum absolute atomic E-state index is 5.87. The fraction of sp³-hybridized carbons (Fsp3) is 0.867. The Morgan fingerprint density at radius 1 is 1.24 bits per heavy atom. The zero-order chi connectivity index (χ0) is 12.5. The first-order valence-electron chi connectivity index (χ1n) is 7.31. The predicted molar refractivity (Wildman–Crippen MR) is 74.3 cm³/mol. The van der Waals surface area contributed by atoms with Crippen LogP contribution in [0.3, 0.4) is 0 Å². The van der Waals surface area contributed by atoms with E-state index in [0.717, 1.165) is 13.0 Å². The quantitative estimate of drug-likeness (QED) is 0.714. The van der Waals surface area contributed by atoms with Crippen LogP contribution in [-0.2, 0) is 4.74 Å². The Balaban J connectivity index is 2.67. The minimum atomic E-state index is 0.329. The second-order valence-electron chi connectivity index (χ2n) is 4.90. The summed E-state index contributed by atoms with van der Waals surface area (Å²) in [4.78, 5) is 0. The van der Waals surface area contributed by atoms with E-state index >= 15 is 0 Å². The highest BCUT2D eigenvalue weighted by molar-refractivity contribution is 5.14. The van der Waals surface area contributed by atoms with Gasteiger partial charge in [0.25, 0.3) is 0 Å². The highest BCUT2D eigenvalue weighted by Crippen LogP contribution is 2.23. The average molecular weight is 239 g/mol. The zero-order valence-electron chi connectivity index (χ0n) is 11.8. The van der Waals surface area contributed by atoms with Crippen LogP contribution in [0.2, 0.25) is 0 Å². The zero-order valence-corrected chi connectivity index (χ0v) is 11.8. The van der Waals surface area contributed by atoms with Gasteiger partial charge in [-0.05, 0) is 46.1 Å². The summed E-state index contributed by atoms with van der Waals surface area (Å²) < 4.78 is 5.87. The molecule has 2 atom stereocenters. The molecule has 0 aromatic heterocycles. The monoisotopic (exact) mass is 239 g/mol. The van der Waals surface area contributed by atoms with Gasteiger partial charge in [0.05, 0.1) is 12.1 Å². The lowest BCUT2D eigenvalue weighted by Crippen LogP contribution is -2.40. The lowest BCUT2D eigenvalue weighted by atomic mass is 9.91. The molecule has 2 unspecified atom stereocenters. The Morgan fingerprint density at radius 2 is 2.00 bits per heavy atom. The predicted octanol–water partition coefficient (Wildman–Crippen LogP) is 3.67. The van der Waals surface area contributed by atoms with Crippen molar-refractivity contribution in [1.29, 1.82) is 0 Å². The minimum Gasteiger partial charge on any atom is -0.377 e. The summed E-state index contributed by atoms with van der Waals surface area (Å²) in [6.07, 6.45) is 11.8. The van der Waals surface area contributed by atoms with Gasteiger partial charge >= 0.3 is 0 Å². The topological polar surface area (TPSA) is 21.3 Å². The van der Waals surface area contributed by atoms with E-state index in [1.165, 1.54) is 38.5 Å². The van der Waals surface area contributed by atoms with Crippen molar-refractivity contribution in [2.24, 2.45) is 0 Å². The van der Waals surface area contributed by atoms with Crippen molar-refractivity contribution in [3.05, 3.63) is 11.6 Å². The first-order chi connectivity index (χ1) is 8.33. The van der Waals surface area contributed by atoms with Crippen molar-refractivity contribution < 1.29 is 4.74 Å². The molecule has 0 aromatic rings. The third-order valence-corrected chi connectivity index (χ3v) is 3.69. The van der Waals surface area contributed by atoms with E-state index < -0.39 is 0 Å². The largest absolute Gasteiger partial charge is 0.377 e. The summed E-state index contributed by atoms with van der Waals surface area (Å²) in [5, 5.41) is 3.46. The second kappa shape index (κ2) is 8.71. The van der Waals surface area contributed by atoms with Crippen molar-refractivity contribution in [1.82, 2.24) is 5.32 Å². The Labute approximate surface area is 107 Å². The molecule has 1 N–H and O–H groups in total. The lowest BCUT2D eigenvalue weighted by molar-refractivity contribution is 0.0415. The maximum atomic E-state index is 5.87. The summed E-state index contributed by atoms with van der Waals surface area (Å²) >= 11 is 0. The molecule has 0 aromatic carbocycles. The molecule has 0 saturated carbocycles. The lowest BCUT2D eigenvalue weighted by Gasteiger charge is -2.29. The van der Waals surface area contributed by atoms with Gasteiger partial charge in [0, 0.05) is 6.61 Å². The Bertz CT molecular complexity index is 225. The van der Waals surface area contributed by atoms with Crippen LogP contribution in [0.15, 0.2) is 11.6 Å². The van der Waals surface area contributed by atoms with Gasteiger partial charge in [0.1, 0.15) is 0 Å². The highest BCUT2D eigenvalue weighted by atomic mass is 16.5. The minimum absolute atomic E-state index is 0.329. The number of hydrogen-bond donors (Lipinski definition) is 1. The molecule has 0 fully saturated rings. The van der Waals surface area contributed by atoms with Crippen molar-refractivity contribution in [3.8, 4) is 0 Å². The van der Waals surface area contributed by atoms with E-state index in [4.69, 9.17) is 4.74 Å². The van der Waals surface area contributed by atoms with Gasteiger partial charge < -0.3 is 10.1 Å². The number of allylic oxidation sites excluding steroid dienone is 1. The average Bonchev–Trinajstić information content (AvgIpc) is 2.30. The van der Waals surface area contributed by atoms with Crippen LogP contribution in [0.5, 0.6) is 0 Å². The molecule has 100 valence electrons. The molecule has 0 heterocycles. The van der Waals surface area contributed by atoms with Crippen LogP contribution in [0.1, 0.15) is 58.8 Å². The van der Waals surface area contributed by atoms with Gasteiger partial charge in [0.15, 0.2) is 0 Å². The van der Waals surface area contributed by atoms with Crippen LogP contribution >= 0.6 is 0 Å². The molecular formula is C15H29NO. The number of ether oxygens (including phenoxy) is 1. The first kappa shape index (κ1) is 14.7. The van der Waals surface area contributed by atoms with Crippen molar-refractivity contribution in [2.75, 3.05) is 13.7 Å². The molecule has 0 saturated heterocycles. The van der Waals surface area contributed by atoms with Crippen LogP contribution in [0, 0.1) is 0 Å². The first-order valence-corrected chi connectivity index (χ1v) is 7.31. The number of rotatable bonds is 6. The van der Waals surface area contributed by atoms with Gasteiger partial charge in [-0.1, -0.05) is 31.4 Å². The molecule has 0 radical (unpaired) electrons. The third-order valence-electron chi connectivity index (χ3n) is 3.69. The van der Waals surface area contributed by atoms with E-state index in [2.05, 4.69) is 32.3 Å². The molecule has 17 heavy (non-hydrogen) atoms. The molecule has 0 amide bonds. The fourth-order valence-corrected chi connectivity index (χ4v) is 2.77. The van der Waals surface area contributed by atoms with Gasteiger partial charge in [-0.15, -0.1) is 0 Å². The van der Waals surface area contributed by atoms with E-state index in [1.54, 1.807) is 5.57 Å². The smallest absolute Gasteiger partial charge is 0.0763 e. The van der Waals surface area contributed by atoms with Crippen LogP contribution in [0.25, 0.3) is 0 Å². The molecular weight excluding hydrogens is 210 g/mol. The molecule has 2 heteroatoms. The molecule has 0 aliphatic heterocycles. The third kappa shape index (κ3) is 4.81. The fourth-order valence-electron chi connectivity index (χ4n) is 2.77. The summed E-state index contributed by atoms with van der Waals surface area (Å²) in [5.74, 6) is 0.